The Morgan fingerprint density at radius 3 is 2.29 bits per heavy atom. The minimum absolute atomic E-state index is 1.13. The van der Waals surface area contributed by atoms with Crippen LogP contribution in [0.15, 0.2) is 24.3 Å². The molecule has 1 aromatic carbocycles. The molecule has 0 aliphatic rings. The number of alkyl halides is 3. The number of carbonyl (C=O) groups is 1. The highest BCUT2D eigenvalue weighted by atomic mass is 32.2. The van der Waals surface area contributed by atoms with Gasteiger partial charge in [0.05, 0.1) is 0 Å². The Balaban J connectivity index is 0.000000325. The standard InChI is InChI=1S/C9H12S.C2H2F3NO/c1-8-4-3-5-9(6-8)7-10-2;3-2(4,5)1(6)7/h3-6H,7H2,1-2H3;(H2,6,7). The Kier molecular flexibility index (Phi) is 6.72. The number of amides is 1. The van der Waals surface area contributed by atoms with Gasteiger partial charge in [-0.2, -0.15) is 24.9 Å². The predicted molar refractivity (Wildman–Crippen MR) is 63.6 cm³/mol. The molecule has 96 valence electrons. The summed E-state index contributed by atoms with van der Waals surface area (Å²) in [5.74, 6) is -1.13. The molecule has 0 aliphatic carbocycles. The molecule has 0 unspecified atom stereocenters. The second kappa shape index (κ2) is 7.21. The molecular formula is C11H14F3NOS. The molecule has 17 heavy (non-hydrogen) atoms. The topological polar surface area (TPSA) is 43.1 Å². The molecule has 1 rings (SSSR count). The zero-order chi connectivity index (χ0) is 13.5. The van der Waals surface area contributed by atoms with Crippen molar-refractivity contribution in [1.29, 1.82) is 0 Å². The van der Waals surface area contributed by atoms with Crippen LogP contribution in [-0.4, -0.2) is 18.3 Å². The molecule has 1 aromatic rings. The SMILES string of the molecule is CSCc1cccc(C)c1.NC(=O)C(F)(F)F. The number of aryl methyl sites for hydroxylation is 1. The third kappa shape index (κ3) is 7.68. The summed E-state index contributed by atoms with van der Waals surface area (Å²) in [5.41, 5.74) is 6.58. The highest BCUT2D eigenvalue weighted by molar-refractivity contribution is 7.97. The smallest absolute Gasteiger partial charge is 0.362 e. The van der Waals surface area contributed by atoms with Gasteiger partial charge < -0.3 is 5.73 Å². The van der Waals surface area contributed by atoms with Gasteiger partial charge in [0, 0.05) is 5.75 Å². The lowest BCUT2D eigenvalue weighted by Crippen LogP contribution is -2.30. The van der Waals surface area contributed by atoms with Gasteiger partial charge in [0.15, 0.2) is 0 Å². The van der Waals surface area contributed by atoms with Gasteiger partial charge in [0.25, 0.3) is 0 Å². The average molecular weight is 265 g/mol. The molecule has 0 saturated carbocycles. The number of halogens is 3. The lowest BCUT2D eigenvalue weighted by molar-refractivity contribution is -0.169. The normalized spacial score (nSPS) is 10.4. The van der Waals surface area contributed by atoms with E-state index in [1.165, 1.54) is 11.1 Å². The minimum Gasteiger partial charge on any atom is -0.362 e. The van der Waals surface area contributed by atoms with Gasteiger partial charge in [-0.05, 0) is 18.7 Å². The van der Waals surface area contributed by atoms with Gasteiger partial charge >= 0.3 is 12.1 Å². The highest BCUT2D eigenvalue weighted by Gasteiger charge is 2.35. The van der Waals surface area contributed by atoms with Crippen molar-refractivity contribution >= 4 is 17.7 Å². The first kappa shape index (κ1) is 15.8. The van der Waals surface area contributed by atoms with Crippen molar-refractivity contribution in [2.45, 2.75) is 18.9 Å². The van der Waals surface area contributed by atoms with Crippen molar-refractivity contribution < 1.29 is 18.0 Å². The zero-order valence-corrected chi connectivity index (χ0v) is 10.4. The molecule has 0 atom stereocenters. The maximum atomic E-state index is 10.7. The summed E-state index contributed by atoms with van der Waals surface area (Å²) in [6, 6.07) is 8.64. The van der Waals surface area contributed by atoms with E-state index in [9.17, 15) is 13.2 Å². The number of hydrogen-bond acceptors (Lipinski definition) is 2. The van der Waals surface area contributed by atoms with Crippen LogP contribution < -0.4 is 5.73 Å². The summed E-state index contributed by atoms with van der Waals surface area (Å²) < 4.78 is 32.1. The molecule has 0 aliphatic heterocycles. The van der Waals surface area contributed by atoms with Crippen LogP contribution in [0.1, 0.15) is 11.1 Å². The number of thioether (sulfide) groups is 1. The van der Waals surface area contributed by atoms with Crippen molar-refractivity contribution in [3.8, 4) is 0 Å². The molecule has 0 saturated heterocycles. The number of benzene rings is 1. The highest BCUT2D eigenvalue weighted by Crippen LogP contribution is 2.12. The third-order valence-electron chi connectivity index (χ3n) is 1.67. The molecule has 0 aromatic heterocycles. The van der Waals surface area contributed by atoms with Crippen LogP contribution in [0.4, 0.5) is 13.2 Å². The molecule has 0 radical (unpaired) electrons. The van der Waals surface area contributed by atoms with Crippen molar-refractivity contribution in [3.63, 3.8) is 0 Å². The van der Waals surface area contributed by atoms with Crippen molar-refractivity contribution in [1.82, 2.24) is 0 Å². The van der Waals surface area contributed by atoms with Crippen LogP contribution >= 0.6 is 11.8 Å². The summed E-state index contributed by atoms with van der Waals surface area (Å²) in [6.07, 6.45) is -2.73. The van der Waals surface area contributed by atoms with Gasteiger partial charge in [0.1, 0.15) is 0 Å². The molecule has 0 fully saturated rings. The van der Waals surface area contributed by atoms with Gasteiger partial charge in [-0.15, -0.1) is 0 Å². The number of rotatable bonds is 2. The van der Waals surface area contributed by atoms with Crippen LogP contribution in [0.25, 0.3) is 0 Å². The van der Waals surface area contributed by atoms with Crippen LogP contribution in [0.3, 0.4) is 0 Å². The first-order chi connectivity index (χ1) is 7.77. The summed E-state index contributed by atoms with van der Waals surface area (Å²) >= 11 is 1.86. The third-order valence-corrected chi connectivity index (χ3v) is 2.29. The van der Waals surface area contributed by atoms with Crippen LogP contribution in [0.2, 0.25) is 0 Å². The van der Waals surface area contributed by atoms with Crippen molar-refractivity contribution in [2.75, 3.05) is 6.26 Å². The fourth-order valence-electron chi connectivity index (χ4n) is 0.969. The summed E-state index contributed by atoms with van der Waals surface area (Å²) in [7, 11) is 0. The molecule has 0 heterocycles. The number of primary amides is 1. The van der Waals surface area contributed by atoms with Crippen LogP contribution in [-0.2, 0) is 10.5 Å². The van der Waals surface area contributed by atoms with E-state index in [1.807, 2.05) is 11.8 Å². The molecule has 0 bridgehead atoms. The second-order valence-corrected chi connectivity index (χ2v) is 4.15. The fourth-order valence-corrected chi connectivity index (χ4v) is 1.48. The van der Waals surface area contributed by atoms with Gasteiger partial charge in [-0.3, -0.25) is 4.79 Å². The van der Waals surface area contributed by atoms with Gasteiger partial charge in [-0.25, -0.2) is 0 Å². The van der Waals surface area contributed by atoms with Gasteiger partial charge in [-0.1, -0.05) is 29.8 Å². The van der Waals surface area contributed by atoms with E-state index in [0.29, 0.717) is 0 Å². The molecule has 6 heteroatoms. The lowest BCUT2D eigenvalue weighted by Gasteiger charge is -1.97. The number of carbonyl (C=O) groups excluding carboxylic acids is 1. The Bertz CT molecular complexity index is 366. The molecule has 1 amide bonds. The Labute approximate surface area is 102 Å². The maximum absolute atomic E-state index is 10.7. The van der Waals surface area contributed by atoms with Gasteiger partial charge in [0.2, 0.25) is 0 Å². The number of nitrogens with two attached hydrogens (primary N) is 1. The van der Waals surface area contributed by atoms with E-state index in [1.54, 1.807) is 0 Å². The predicted octanol–water partition coefficient (Wildman–Crippen LogP) is 2.89. The van der Waals surface area contributed by atoms with E-state index in [4.69, 9.17) is 4.79 Å². The van der Waals surface area contributed by atoms with E-state index >= 15 is 0 Å². The summed E-state index contributed by atoms with van der Waals surface area (Å²) in [6.45, 7) is 2.13. The first-order valence-electron chi connectivity index (χ1n) is 4.68. The van der Waals surface area contributed by atoms with E-state index < -0.39 is 12.1 Å². The zero-order valence-electron chi connectivity index (χ0n) is 9.54. The fraction of sp³-hybridized carbons (Fsp3) is 0.364. The molecule has 2 nitrogen and oxygen atoms in total. The van der Waals surface area contributed by atoms with E-state index in [0.717, 1.165) is 5.75 Å². The van der Waals surface area contributed by atoms with Crippen LogP contribution in [0, 0.1) is 6.92 Å². The first-order valence-corrected chi connectivity index (χ1v) is 6.08. The monoisotopic (exact) mass is 265 g/mol. The Morgan fingerprint density at radius 1 is 1.41 bits per heavy atom. The average Bonchev–Trinajstić information content (AvgIpc) is 2.17. The quantitative estimate of drug-likeness (QED) is 0.893. The van der Waals surface area contributed by atoms with E-state index in [-0.39, 0.29) is 0 Å². The Morgan fingerprint density at radius 2 is 1.94 bits per heavy atom. The molecular weight excluding hydrogens is 251 g/mol. The van der Waals surface area contributed by atoms with Crippen molar-refractivity contribution in [2.24, 2.45) is 5.73 Å². The van der Waals surface area contributed by atoms with E-state index in [2.05, 4.69) is 43.2 Å². The van der Waals surface area contributed by atoms with Crippen molar-refractivity contribution in [3.05, 3.63) is 35.4 Å². The largest absolute Gasteiger partial charge is 0.470 e. The minimum atomic E-state index is -4.86. The maximum Gasteiger partial charge on any atom is 0.470 e. The summed E-state index contributed by atoms with van der Waals surface area (Å²) in [4.78, 5) is 9.12. The number of hydrogen-bond donors (Lipinski definition) is 1. The molecule has 0 spiro atoms. The lowest BCUT2D eigenvalue weighted by atomic mass is 10.2. The second-order valence-electron chi connectivity index (χ2n) is 3.28. The Hall–Kier alpha value is -1.17. The van der Waals surface area contributed by atoms with Crippen LogP contribution in [0.5, 0.6) is 0 Å². The molecule has 2 N–H and O–H groups in total. The summed E-state index contributed by atoms with van der Waals surface area (Å²) in [5, 5.41) is 0.